The van der Waals surface area contributed by atoms with Crippen LogP contribution < -0.4 is 0 Å². The first-order valence-electron chi connectivity index (χ1n) is 40.2. The molecule has 0 radical (unpaired) electrons. The van der Waals surface area contributed by atoms with Crippen LogP contribution in [0.15, 0.2) is 72.9 Å². The number of rotatable bonds is 76. The minimum Gasteiger partial charge on any atom is -0.462 e. The molecule has 582 valence electrons. The maximum absolute atomic E-state index is 13.1. The predicted molar refractivity (Wildman–Crippen MR) is 409 cm³/mol. The number of phosphoric acid groups is 2. The van der Waals surface area contributed by atoms with Crippen molar-refractivity contribution in [2.24, 2.45) is 0 Å². The Hall–Kier alpha value is -3.50. The van der Waals surface area contributed by atoms with Gasteiger partial charge in [0.05, 0.1) is 26.4 Å². The lowest BCUT2D eigenvalue weighted by molar-refractivity contribution is -0.161. The van der Waals surface area contributed by atoms with Crippen LogP contribution in [0.3, 0.4) is 0 Å². The Morgan fingerprint density at radius 2 is 0.520 bits per heavy atom. The van der Waals surface area contributed by atoms with Crippen molar-refractivity contribution in [3.05, 3.63) is 72.9 Å². The Morgan fingerprint density at radius 3 is 0.830 bits per heavy atom. The Labute approximate surface area is 609 Å². The molecule has 0 aromatic heterocycles. The molecule has 0 aromatic carbocycles. The second kappa shape index (κ2) is 73.8. The van der Waals surface area contributed by atoms with Gasteiger partial charge in [0.1, 0.15) is 19.3 Å². The van der Waals surface area contributed by atoms with Crippen molar-refractivity contribution in [1.29, 1.82) is 0 Å². The maximum Gasteiger partial charge on any atom is 0.472 e. The molecule has 0 fully saturated rings. The van der Waals surface area contributed by atoms with Gasteiger partial charge in [-0.1, -0.05) is 293 Å². The van der Waals surface area contributed by atoms with Gasteiger partial charge in [0, 0.05) is 25.7 Å². The van der Waals surface area contributed by atoms with Crippen LogP contribution in [-0.2, 0) is 65.4 Å². The van der Waals surface area contributed by atoms with E-state index < -0.39 is 97.5 Å². The van der Waals surface area contributed by atoms with E-state index in [0.29, 0.717) is 25.7 Å². The van der Waals surface area contributed by atoms with Crippen molar-refractivity contribution in [3.63, 3.8) is 0 Å². The van der Waals surface area contributed by atoms with Crippen LogP contribution >= 0.6 is 15.6 Å². The summed E-state index contributed by atoms with van der Waals surface area (Å²) in [7, 11) is -9.95. The minimum absolute atomic E-state index is 0.0853. The summed E-state index contributed by atoms with van der Waals surface area (Å²) >= 11 is 0. The summed E-state index contributed by atoms with van der Waals surface area (Å²) in [5, 5.41) is 10.6. The summed E-state index contributed by atoms with van der Waals surface area (Å²) in [5.41, 5.74) is 0. The highest BCUT2D eigenvalue weighted by atomic mass is 31.2. The van der Waals surface area contributed by atoms with E-state index >= 15 is 0 Å². The number of carbonyl (C=O) groups excluding carboxylic acids is 4. The summed E-state index contributed by atoms with van der Waals surface area (Å²) in [6.45, 7) is 4.76. The van der Waals surface area contributed by atoms with Crippen molar-refractivity contribution in [3.8, 4) is 0 Å². The van der Waals surface area contributed by atoms with Gasteiger partial charge in [-0.15, -0.1) is 0 Å². The lowest BCUT2D eigenvalue weighted by Crippen LogP contribution is -2.30. The molecular weight excluding hydrogens is 1310 g/mol. The van der Waals surface area contributed by atoms with Gasteiger partial charge >= 0.3 is 39.5 Å². The van der Waals surface area contributed by atoms with Crippen LogP contribution in [0.4, 0.5) is 0 Å². The average Bonchev–Trinajstić information content (AvgIpc) is 0.965. The molecule has 5 unspecified atom stereocenters. The fraction of sp³-hybridized carbons (Fsp3) is 0.802. The second-order valence-corrected chi connectivity index (χ2v) is 29.9. The summed E-state index contributed by atoms with van der Waals surface area (Å²) in [4.78, 5) is 73.0. The molecule has 0 aromatic rings. The van der Waals surface area contributed by atoms with Gasteiger partial charge in [-0.25, -0.2) is 9.13 Å². The van der Waals surface area contributed by atoms with Gasteiger partial charge in [-0.05, 0) is 116 Å². The van der Waals surface area contributed by atoms with E-state index in [2.05, 4.69) is 101 Å². The van der Waals surface area contributed by atoms with E-state index in [1.54, 1.807) is 0 Å². The quantitative estimate of drug-likeness (QED) is 0.0169. The van der Waals surface area contributed by atoms with Crippen LogP contribution in [-0.4, -0.2) is 96.7 Å². The molecular formula is C81H146O17P2. The zero-order valence-electron chi connectivity index (χ0n) is 63.6. The topological polar surface area (TPSA) is 237 Å². The molecule has 19 heteroatoms. The van der Waals surface area contributed by atoms with Crippen LogP contribution in [0.1, 0.15) is 362 Å². The minimum atomic E-state index is -4.98. The van der Waals surface area contributed by atoms with Crippen molar-refractivity contribution in [1.82, 2.24) is 0 Å². The van der Waals surface area contributed by atoms with Gasteiger partial charge in [0.15, 0.2) is 12.2 Å². The number of allylic oxidation sites excluding steroid dienone is 12. The number of carbonyl (C=O) groups is 4. The highest BCUT2D eigenvalue weighted by molar-refractivity contribution is 7.47. The molecule has 0 saturated heterocycles. The molecule has 0 bridgehead atoms. The SMILES string of the molecule is CC/C=C\C/C=C\C/C=C\CCCCCCCCCC(=O)OCC(COP(=O)(O)OCC(O)COP(=O)(O)OCC(COC(=O)CCCCCCC/C=C\C/C=C\CCCCC)OC(=O)CCCCCCC/C=C\CCCCCCCC)OC(=O)CCCCCCCCCCCCCCC. The molecule has 0 rings (SSSR count). The van der Waals surface area contributed by atoms with Crippen LogP contribution in [0.5, 0.6) is 0 Å². The molecule has 0 saturated carbocycles. The maximum atomic E-state index is 13.1. The number of ether oxygens (including phenoxy) is 4. The molecule has 0 aliphatic heterocycles. The van der Waals surface area contributed by atoms with Crippen molar-refractivity contribution >= 4 is 39.5 Å². The lowest BCUT2D eigenvalue weighted by Gasteiger charge is -2.21. The summed E-state index contributed by atoms with van der Waals surface area (Å²) in [5.74, 6) is -2.18. The Morgan fingerprint density at radius 1 is 0.290 bits per heavy atom. The lowest BCUT2D eigenvalue weighted by atomic mass is 10.0. The van der Waals surface area contributed by atoms with Crippen LogP contribution in [0.25, 0.3) is 0 Å². The van der Waals surface area contributed by atoms with Crippen LogP contribution in [0.2, 0.25) is 0 Å². The highest BCUT2D eigenvalue weighted by Gasteiger charge is 2.30. The number of aliphatic hydroxyl groups excluding tert-OH is 1. The summed E-state index contributed by atoms with van der Waals surface area (Å²) in [6.07, 6.45) is 74.4. The number of hydrogen-bond donors (Lipinski definition) is 3. The van der Waals surface area contributed by atoms with Crippen molar-refractivity contribution in [2.45, 2.75) is 380 Å². The zero-order chi connectivity index (χ0) is 73.2. The van der Waals surface area contributed by atoms with E-state index in [0.717, 1.165) is 173 Å². The second-order valence-electron chi connectivity index (χ2n) is 27.0. The fourth-order valence-corrected chi connectivity index (χ4v) is 12.6. The largest absolute Gasteiger partial charge is 0.472 e. The van der Waals surface area contributed by atoms with Gasteiger partial charge < -0.3 is 33.8 Å². The highest BCUT2D eigenvalue weighted by Crippen LogP contribution is 2.45. The van der Waals surface area contributed by atoms with Gasteiger partial charge in [0.2, 0.25) is 0 Å². The molecule has 17 nitrogen and oxygen atoms in total. The third-order valence-corrected chi connectivity index (χ3v) is 19.1. The fourth-order valence-electron chi connectivity index (χ4n) is 11.0. The first-order valence-corrected chi connectivity index (χ1v) is 43.2. The van der Waals surface area contributed by atoms with Gasteiger partial charge in [-0.3, -0.25) is 37.3 Å². The number of hydrogen-bond acceptors (Lipinski definition) is 15. The molecule has 0 amide bonds. The van der Waals surface area contributed by atoms with Crippen molar-refractivity contribution < 1.29 is 80.2 Å². The number of phosphoric ester groups is 2. The van der Waals surface area contributed by atoms with Gasteiger partial charge in [-0.2, -0.15) is 0 Å². The summed E-state index contributed by atoms with van der Waals surface area (Å²) in [6, 6.07) is 0. The van der Waals surface area contributed by atoms with E-state index in [9.17, 15) is 43.2 Å². The Bertz CT molecular complexity index is 2180. The monoisotopic (exact) mass is 1450 g/mol. The average molecular weight is 1450 g/mol. The Balaban J connectivity index is 5.34. The van der Waals surface area contributed by atoms with E-state index in [4.69, 9.17) is 37.0 Å². The molecule has 0 aliphatic rings. The number of esters is 4. The van der Waals surface area contributed by atoms with E-state index in [1.165, 1.54) is 109 Å². The molecule has 0 aliphatic carbocycles. The standard InChI is InChI=1S/C81H146O17P2/c1-5-9-13-17-21-25-29-33-36-37-40-43-46-50-54-58-62-66-79(84)92-71-76(97-80(85)67-63-59-55-51-47-41-32-28-24-20-16-12-8-4)73-95-99(87,88)93-69-75(82)70-94-100(89,90)96-74-77(98-81(86)68-64-60-56-52-48-44-39-35-31-27-23-19-15-11-7-3)72-91-78(83)65-61-57-53-49-45-42-38-34-30-26-22-18-14-10-6-2/h9,13,21-22,25-26,33-36,38-39,75-77,82H,5-8,10-12,14-20,23-24,27-32,37,40-74H2,1-4H3,(H,87,88)(H,89,90)/b13-9-,25-21-,26-22-,36-33-,38-34-,39-35-. The third-order valence-electron chi connectivity index (χ3n) is 17.2. The van der Waals surface area contributed by atoms with E-state index in [1.807, 2.05) is 0 Å². The zero-order valence-corrected chi connectivity index (χ0v) is 65.4. The molecule has 5 atom stereocenters. The number of aliphatic hydroxyl groups is 1. The normalized spacial score (nSPS) is 14.3. The van der Waals surface area contributed by atoms with E-state index in [-0.39, 0.29) is 25.7 Å². The molecule has 0 heterocycles. The van der Waals surface area contributed by atoms with Gasteiger partial charge in [0.25, 0.3) is 0 Å². The molecule has 100 heavy (non-hydrogen) atoms. The van der Waals surface area contributed by atoms with Crippen molar-refractivity contribution in [2.75, 3.05) is 39.6 Å². The van der Waals surface area contributed by atoms with Crippen LogP contribution in [0, 0.1) is 0 Å². The first-order chi connectivity index (χ1) is 48.7. The predicted octanol–water partition coefficient (Wildman–Crippen LogP) is 23.2. The molecule has 0 spiro atoms. The summed E-state index contributed by atoms with van der Waals surface area (Å²) < 4.78 is 68.6. The third kappa shape index (κ3) is 72.8. The first kappa shape index (κ1) is 96.5. The number of unbranched alkanes of at least 4 members (excludes halogenated alkanes) is 38. The Kier molecular flexibility index (Phi) is 71.2. The molecule has 3 N–H and O–H groups in total. The smallest absolute Gasteiger partial charge is 0.462 e.